The van der Waals surface area contributed by atoms with Crippen LogP contribution in [-0.4, -0.2) is 61.7 Å². The molecule has 0 atom stereocenters. The monoisotopic (exact) mass is 218 g/mol. The molecule has 2 rings (SSSR count). The summed E-state index contributed by atoms with van der Waals surface area (Å²) in [5, 5.41) is 6.55. The second-order valence-electron chi connectivity index (χ2n) is 3.76. The van der Waals surface area contributed by atoms with Gasteiger partial charge in [-0.1, -0.05) is 0 Å². The molecule has 5 nitrogen and oxygen atoms in total. The van der Waals surface area contributed by atoms with Gasteiger partial charge in [0, 0.05) is 52.4 Å². The first kappa shape index (κ1) is 10.6. The predicted molar refractivity (Wildman–Crippen MR) is 57.9 cm³/mol. The van der Waals surface area contributed by atoms with Gasteiger partial charge >= 0.3 is 0 Å². The lowest BCUT2D eigenvalue weighted by atomic mass is 10.4. The van der Waals surface area contributed by atoms with Crippen LogP contribution in [0.25, 0.3) is 0 Å². The summed E-state index contributed by atoms with van der Waals surface area (Å²) in [5.74, 6) is 0. The molecular weight excluding hydrogens is 199 g/mol. The zero-order chi connectivity index (χ0) is 9.80. The van der Waals surface area contributed by atoms with Gasteiger partial charge < -0.3 is 10.6 Å². The van der Waals surface area contributed by atoms with Crippen LogP contribution < -0.4 is 10.6 Å². The minimum absolute atomic E-state index is 0.932. The maximum Gasteiger partial charge on any atom is 0.205 e. The Kier molecular flexibility index (Phi) is 3.96. The Balaban J connectivity index is 1.85. The summed E-state index contributed by atoms with van der Waals surface area (Å²) in [6, 6.07) is 0. The number of nitrogens with one attached hydrogen (secondary N) is 2. The zero-order valence-corrected chi connectivity index (χ0v) is 9.46. The smallest absolute Gasteiger partial charge is 0.205 e. The van der Waals surface area contributed by atoms with Gasteiger partial charge in [0.15, 0.2) is 0 Å². The average molecular weight is 218 g/mol. The van der Waals surface area contributed by atoms with E-state index in [-0.39, 0.29) is 0 Å². The molecule has 2 saturated heterocycles. The highest BCUT2D eigenvalue weighted by Gasteiger charge is 2.22. The SMILES string of the molecule is O=[PH](N1CCNCC1)N1CCNCC1. The van der Waals surface area contributed by atoms with Crippen LogP contribution in [0.4, 0.5) is 0 Å². The Morgan fingerprint density at radius 2 is 1.14 bits per heavy atom. The molecule has 2 heterocycles. The van der Waals surface area contributed by atoms with E-state index in [1.807, 2.05) is 0 Å². The lowest BCUT2D eigenvalue weighted by Crippen LogP contribution is -2.45. The summed E-state index contributed by atoms with van der Waals surface area (Å²) in [4.78, 5) is 0. The van der Waals surface area contributed by atoms with Crippen molar-refractivity contribution in [1.29, 1.82) is 0 Å². The molecule has 0 saturated carbocycles. The third-order valence-corrected chi connectivity index (χ3v) is 4.75. The van der Waals surface area contributed by atoms with Crippen LogP contribution in [0.5, 0.6) is 0 Å². The molecule has 0 aliphatic carbocycles. The van der Waals surface area contributed by atoms with Gasteiger partial charge in [-0.05, 0) is 0 Å². The van der Waals surface area contributed by atoms with Crippen molar-refractivity contribution in [3.63, 3.8) is 0 Å². The van der Waals surface area contributed by atoms with Gasteiger partial charge in [0.05, 0.1) is 0 Å². The number of hydrogen-bond acceptors (Lipinski definition) is 3. The number of nitrogens with zero attached hydrogens (tertiary/aromatic N) is 2. The predicted octanol–water partition coefficient (Wildman–Crippen LogP) is -0.813. The minimum Gasteiger partial charge on any atom is -0.314 e. The molecule has 6 heteroatoms. The molecule has 0 radical (unpaired) electrons. The van der Waals surface area contributed by atoms with E-state index in [1.54, 1.807) is 0 Å². The van der Waals surface area contributed by atoms with Crippen molar-refractivity contribution in [2.75, 3.05) is 52.4 Å². The van der Waals surface area contributed by atoms with Crippen LogP contribution in [0.15, 0.2) is 0 Å². The van der Waals surface area contributed by atoms with Crippen LogP contribution in [0.2, 0.25) is 0 Å². The Hall–Kier alpha value is 0.0700. The number of rotatable bonds is 2. The lowest BCUT2D eigenvalue weighted by molar-refractivity contribution is 0.304. The van der Waals surface area contributed by atoms with Crippen LogP contribution in [0.1, 0.15) is 0 Å². The summed E-state index contributed by atoms with van der Waals surface area (Å²) in [7, 11) is -1.65. The van der Waals surface area contributed by atoms with Crippen molar-refractivity contribution < 1.29 is 4.57 Å². The Morgan fingerprint density at radius 1 is 0.786 bits per heavy atom. The van der Waals surface area contributed by atoms with Crippen molar-refractivity contribution in [3.8, 4) is 0 Å². The van der Waals surface area contributed by atoms with Gasteiger partial charge in [0.2, 0.25) is 8.10 Å². The van der Waals surface area contributed by atoms with E-state index in [0.29, 0.717) is 0 Å². The number of piperazine rings is 2. The van der Waals surface area contributed by atoms with Crippen LogP contribution in [0, 0.1) is 0 Å². The van der Waals surface area contributed by atoms with Gasteiger partial charge in [-0.2, -0.15) is 0 Å². The molecule has 0 unspecified atom stereocenters. The van der Waals surface area contributed by atoms with E-state index in [2.05, 4.69) is 20.0 Å². The summed E-state index contributed by atoms with van der Waals surface area (Å²) in [5.41, 5.74) is 0. The Morgan fingerprint density at radius 3 is 1.50 bits per heavy atom. The fourth-order valence-electron chi connectivity index (χ4n) is 1.91. The third-order valence-electron chi connectivity index (χ3n) is 2.78. The van der Waals surface area contributed by atoms with Crippen molar-refractivity contribution in [3.05, 3.63) is 0 Å². The highest BCUT2D eigenvalue weighted by Crippen LogP contribution is 2.31. The van der Waals surface area contributed by atoms with Gasteiger partial charge in [-0.25, -0.2) is 9.34 Å². The molecule has 0 aromatic rings. The van der Waals surface area contributed by atoms with E-state index in [1.165, 1.54) is 0 Å². The Labute approximate surface area is 85.7 Å². The van der Waals surface area contributed by atoms with E-state index in [0.717, 1.165) is 52.4 Å². The zero-order valence-electron chi connectivity index (χ0n) is 8.46. The van der Waals surface area contributed by atoms with Crippen molar-refractivity contribution in [1.82, 2.24) is 20.0 Å². The molecule has 0 aromatic carbocycles. The maximum atomic E-state index is 12.1. The van der Waals surface area contributed by atoms with E-state index >= 15 is 0 Å². The highest BCUT2D eigenvalue weighted by atomic mass is 31.1. The molecule has 2 fully saturated rings. The molecule has 2 aliphatic heterocycles. The topological polar surface area (TPSA) is 47.6 Å². The first-order valence-corrected chi connectivity index (χ1v) is 6.63. The summed E-state index contributed by atoms with van der Waals surface area (Å²) in [6.45, 7) is 7.63. The molecule has 82 valence electrons. The minimum atomic E-state index is -1.65. The molecule has 2 aliphatic rings. The quantitative estimate of drug-likeness (QED) is 0.593. The van der Waals surface area contributed by atoms with Gasteiger partial charge in [0.1, 0.15) is 0 Å². The van der Waals surface area contributed by atoms with E-state index < -0.39 is 8.10 Å². The maximum absolute atomic E-state index is 12.1. The first-order valence-electron chi connectivity index (χ1n) is 5.33. The van der Waals surface area contributed by atoms with Crippen LogP contribution >= 0.6 is 8.10 Å². The molecule has 0 amide bonds. The molecular formula is C8H19N4OP. The first-order chi connectivity index (χ1) is 6.88. The van der Waals surface area contributed by atoms with Crippen LogP contribution in [0.3, 0.4) is 0 Å². The molecule has 0 aromatic heterocycles. The largest absolute Gasteiger partial charge is 0.314 e. The Bertz CT molecular complexity index is 182. The molecule has 0 spiro atoms. The fourth-order valence-corrected chi connectivity index (χ4v) is 3.52. The average Bonchev–Trinajstić information content (AvgIpc) is 2.30. The summed E-state index contributed by atoms with van der Waals surface area (Å²) in [6.07, 6.45) is 0. The van der Waals surface area contributed by atoms with Crippen molar-refractivity contribution in [2.24, 2.45) is 0 Å². The highest BCUT2D eigenvalue weighted by molar-refractivity contribution is 7.39. The standard InChI is InChI=1S/C8H19N4OP/c13-14(11-5-1-9-2-6-11)12-7-3-10-4-8-12/h9-10,14H,1-8H2. The van der Waals surface area contributed by atoms with Crippen molar-refractivity contribution >= 4 is 8.10 Å². The second kappa shape index (κ2) is 5.24. The van der Waals surface area contributed by atoms with E-state index in [9.17, 15) is 4.57 Å². The lowest BCUT2D eigenvalue weighted by Gasteiger charge is -2.34. The summed E-state index contributed by atoms with van der Waals surface area (Å²) < 4.78 is 16.4. The molecule has 2 N–H and O–H groups in total. The third kappa shape index (κ3) is 2.55. The van der Waals surface area contributed by atoms with Gasteiger partial charge in [-0.3, -0.25) is 4.57 Å². The number of hydrogen-bond donors (Lipinski definition) is 2. The van der Waals surface area contributed by atoms with Gasteiger partial charge in [0.25, 0.3) is 0 Å². The van der Waals surface area contributed by atoms with E-state index in [4.69, 9.17) is 0 Å². The van der Waals surface area contributed by atoms with Crippen LogP contribution in [-0.2, 0) is 4.57 Å². The normalized spacial score (nSPS) is 26.9. The second-order valence-corrected chi connectivity index (χ2v) is 5.59. The molecule has 14 heavy (non-hydrogen) atoms. The fraction of sp³-hybridized carbons (Fsp3) is 1.00. The van der Waals surface area contributed by atoms with Gasteiger partial charge in [-0.15, -0.1) is 0 Å². The van der Waals surface area contributed by atoms with Crippen molar-refractivity contribution in [2.45, 2.75) is 0 Å². The summed E-state index contributed by atoms with van der Waals surface area (Å²) >= 11 is 0. The molecule has 0 bridgehead atoms.